The third-order valence-electron chi connectivity index (χ3n) is 5.97. The second kappa shape index (κ2) is 7.59. The molecule has 1 aromatic rings. The lowest BCUT2D eigenvalue weighted by Crippen LogP contribution is -2.61. The second-order valence-electron chi connectivity index (χ2n) is 8.02. The molecule has 0 spiro atoms. The number of aryl methyl sites for hydroxylation is 2. The molecule has 28 heavy (non-hydrogen) atoms. The van der Waals surface area contributed by atoms with E-state index in [-0.39, 0.29) is 18.4 Å². The van der Waals surface area contributed by atoms with Gasteiger partial charge >= 0.3 is 0 Å². The number of anilines is 1. The van der Waals surface area contributed by atoms with Gasteiger partial charge in [0.25, 0.3) is 0 Å². The van der Waals surface area contributed by atoms with Gasteiger partial charge in [-0.15, -0.1) is 0 Å². The molecule has 2 saturated heterocycles. The number of thiocarbonyl (C=S) groups is 1. The first kappa shape index (κ1) is 19.6. The number of fused-ring (bicyclic) bond motifs is 1. The largest absolute Gasteiger partial charge is 0.390 e. The van der Waals surface area contributed by atoms with Crippen LogP contribution in [0.5, 0.6) is 0 Å². The Bertz CT molecular complexity index is 762. The van der Waals surface area contributed by atoms with Crippen molar-refractivity contribution in [2.24, 2.45) is 5.92 Å². The number of rotatable bonds is 2. The second-order valence-corrected chi connectivity index (χ2v) is 8.41. The van der Waals surface area contributed by atoms with Crippen LogP contribution in [0, 0.1) is 19.8 Å². The first-order valence-electron chi connectivity index (χ1n) is 9.77. The molecular weight excluding hydrogens is 378 g/mol. The number of carbonyl (C=O) groups is 1. The standard InChI is InChI=1S/C20H27N3O4S/c1-11-7-12(2)9-13(8-11)23-17-14(19(26)22-3-5-27-6-4-22)10-15(24)18(25)16(17)21-20(23)28/h7-9,14-18,24-25H,3-6,10H2,1-2H3,(H,21,28). The highest BCUT2D eigenvalue weighted by atomic mass is 32.1. The minimum Gasteiger partial charge on any atom is -0.390 e. The van der Waals surface area contributed by atoms with Gasteiger partial charge in [-0.3, -0.25) is 4.79 Å². The van der Waals surface area contributed by atoms with E-state index >= 15 is 0 Å². The van der Waals surface area contributed by atoms with E-state index in [4.69, 9.17) is 17.0 Å². The van der Waals surface area contributed by atoms with Crippen LogP contribution in [-0.2, 0) is 9.53 Å². The topological polar surface area (TPSA) is 85.3 Å². The van der Waals surface area contributed by atoms with Crippen LogP contribution in [0.4, 0.5) is 5.69 Å². The Morgan fingerprint density at radius 3 is 2.46 bits per heavy atom. The van der Waals surface area contributed by atoms with Crippen LogP contribution in [0.3, 0.4) is 0 Å². The molecule has 5 atom stereocenters. The Balaban J connectivity index is 1.71. The Kier molecular flexibility index (Phi) is 5.30. The average Bonchev–Trinajstić information content (AvgIpc) is 3.01. The van der Waals surface area contributed by atoms with E-state index in [2.05, 4.69) is 11.4 Å². The third-order valence-corrected chi connectivity index (χ3v) is 6.28. The molecule has 2 aliphatic heterocycles. The fourth-order valence-corrected chi connectivity index (χ4v) is 5.10. The summed E-state index contributed by atoms with van der Waals surface area (Å²) < 4.78 is 5.37. The Labute approximate surface area is 170 Å². The van der Waals surface area contributed by atoms with E-state index in [1.807, 2.05) is 30.9 Å². The molecule has 0 radical (unpaired) electrons. The summed E-state index contributed by atoms with van der Waals surface area (Å²) in [6.45, 7) is 6.19. The molecule has 152 valence electrons. The zero-order chi connectivity index (χ0) is 20.0. The van der Waals surface area contributed by atoms with Crippen molar-refractivity contribution in [3.8, 4) is 0 Å². The highest BCUT2D eigenvalue weighted by molar-refractivity contribution is 7.80. The molecule has 3 aliphatic rings. The highest BCUT2D eigenvalue weighted by Gasteiger charge is 2.54. The van der Waals surface area contributed by atoms with E-state index in [1.54, 1.807) is 4.90 Å². The Morgan fingerprint density at radius 1 is 1.18 bits per heavy atom. The van der Waals surface area contributed by atoms with Crippen LogP contribution in [-0.4, -0.2) is 76.7 Å². The molecule has 3 N–H and O–H groups in total. The van der Waals surface area contributed by atoms with Crippen LogP contribution in [0.2, 0.25) is 0 Å². The van der Waals surface area contributed by atoms with Crippen LogP contribution >= 0.6 is 12.2 Å². The van der Waals surface area contributed by atoms with E-state index in [1.165, 1.54) is 0 Å². The third kappa shape index (κ3) is 3.39. The summed E-state index contributed by atoms with van der Waals surface area (Å²) in [5.74, 6) is -0.472. The molecule has 7 nitrogen and oxygen atoms in total. The number of hydrogen-bond donors (Lipinski definition) is 3. The summed E-state index contributed by atoms with van der Waals surface area (Å²) >= 11 is 5.59. The average molecular weight is 406 g/mol. The minimum absolute atomic E-state index is 0.00914. The first-order chi connectivity index (χ1) is 13.4. The molecule has 1 amide bonds. The molecule has 2 heterocycles. The molecule has 3 fully saturated rings. The zero-order valence-corrected chi connectivity index (χ0v) is 17.0. The number of nitrogens with one attached hydrogen (secondary N) is 1. The van der Waals surface area contributed by atoms with Crippen molar-refractivity contribution in [1.29, 1.82) is 0 Å². The fourth-order valence-electron chi connectivity index (χ4n) is 4.73. The van der Waals surface area contributed by atoms with Crippen LogP contribution in [0.15, 0.2) is 18.2 Å². The molecule has 1 saturated carbocycles. The van der Waals surface area contributed by atoms with Gasteiger partial charge in [-0.1, -0.05) is 6.07 Å². The maximum absolute atomic E-state index is 13.3. The smallest absolute Gasteiger partial charge is 0.228 e. The number of morpholine rings is 1. The fraction of sp³-hybridized carbons (Fsp3) is 0.600. The Morgan fingerprint density at radius 2 is 1.82 bits per heavy atom. The maximum atomic E-state index is 13.3. The van der Waals surface area contributed by atoms with Gasteiger partial charge in [-0.25, -0.2) is 0 Å². The van der Waals surface area contributed by atoms with Gasteiger partial charge < -0.3 is 30.1 Å². The summed E-state index contributed by atoms with van der Waals surface area (Å²) in [6.07, 6.45) is -1.73. The van der Waals surface area contributed by atoms with E-state index in [9.17, 15) is 15.0 Å². The highest BCUT2D eigenvalue weighted by Crippen LogP contribution is 2.38. The normalized spacial score (nSPS) is 32.9. The van der Waals surface area contributed by atoms with Gasteiger partial charge in [-0.05, 0) is 55.7 Å². The monoisotopic (exact) mass is 405 g/mol. The number of nitrogens with zero attached hydrogens (tertiary/aromatic N) is 2. The van der Waals surface area contributed by atoms with Crippen molar-refractivity contribution in [2.75, 3.05) is 31.2 Å². The van der Waals surface area contributed by atoms with Crippen molar-refractivity contribution < 1.29 is 19.7 Å². The molecule has 0 aromatic heterocycles. The summed E-state index contributed by atoms with van der Waals surface area (Å²) in [7, 11) is 0. The van der Waals surface area contributed by atoms with Gasteiger partial charge in [0.15, 0.2) is 5.11 Å². The number of aliphatic hydroxyl groups excluding tert-OH is 2. The SMILES string of the molecule is Cc1cc(C)cc(N2C(=S)NC3C(O)C(O)CC(C(=O)N4CCOCC4)C32)c1. The number of carbonyl (C=O) groups excluding carboxylic acids is 1. The number of aliphatic hydroxyl groups is 2. The van der Waals surface area contributed by atoms with Crippen molar-refractivity contribution in [3.63, 3.8) is 0 Å². The van der Waals surface area contributed by atoms with Gasteiger partial charge in [0.1, 0.15) is 6.10 Å². The lowest BCUT2D eigenvalue weighted by molar-refractivity contribution is -0.145. The predicted molar refractivity (Wildman–Crippen MR) is 109 cm³/mol. The predicted octanol–water partition coefficient (Wildman–Crippen LogP) is 0.336. The molecular formula is C20H27N3O4S. The first-order valence-corrected chi connectivity index (χ1v) is 10.2. The number of hydrogen-bond acceptors (Lipinski definition) is 5. The summed E-state index contributed by atoms with van der Waals surface area (Å²) in [6, 6.07) is 5.33. The number of ether oxygens (including phenoxy) is 1. The molecule has 8 heteroatoms. The Hall–Kier alpha value is -1.74. The maximum Gasteiger partial charge on any atom is 0.228 e. The van der Waals surface area contributed by atoms with Gasteiger partial charge in [0.2, 0.25) is 5.91 Å². The molecule has 1 aromatic carbocycles. The minimum atomic E-state index is -0.979. The molecule has 0 bridgehead atoms. The zero-order valence-electron chi connectivity index (χ0n) is 16.2. The number of benzene rings is 1. The van der Waals surface area contributed by atoms with Gasteiger partial charge in [0.05, 0.1) is 37.3 Å². The van der Waals surface area contributed by atoms with Gasteiger partial charge in [-0.2, -0.15) is 0 Å². The summed E-state index contributed by atoms with van der Waals surface area (Å²) in [5.41, 5.74) is 3.12. The molecule has 5 unspecified atom stereocenters. The quantitative estimate of drug-likeness (QED) is 0.612. The lowest BCUT2D eigenvalue weighted by Gasteiger charge is -2.43. The van der Waals surface area contributed by atoms with E-state index in [0.717, 1.165) is 16.8 Å². The number of amides is 1. The van der Waals surface area contributed by atoms with Crippen LogP contribution < -0.4 is 10.2 Å². The van der Waals surface area contributed by atoms with Crippen molar-refractivity contribution in [3.05, 3.63) is 29.3 Å². The van der Waals surface area contributed by atoms with Gasteiger partial charge in [0, 0.05) is 18.8 Å². The van der Waals surface area contributed by atoms with E-state index < -0.39 is 24.2 Å². The van der Waals surface area contributed by atoms with Crippen LogP contribution in [0.1, 0.15) is 17.5 Å². The van der Waals surface area contributed by atoms with Crippen molar-refractivity contribution >= 4 is 28.9 Å². The van der Waals surface area contributed by atoms with Crippen molar-refractivity contribution in [2.45, 2.75) is 44.6 Å². The molecule has 4 rings (SSSR count). The molecule has 1 aliphatic carbocycles. The summed E-state index contributed by atoms with van der Waals surface area (Å²) in [4.78, 5) is 17.1. The lowest BCUT2D eigenvalue weighted by atomic mass is 9.76. The van der Waals surface area contributed by atoms with E-state index in [0.29, 0.717) is 31.4 Å². The summed E-state index contributed by atoms with van der Waals surface area (Å²) in [5, 5.41) is 24.7. The van der Waals surface area contributed by atoms with Crippen LogP contribution in [0.25, 0.3) is 0 Å². The van der Waals surface area contributed by atoms with Crippen molar-refractivity contribution in [1.82, 2.24) is 10.2 Å².